The first-order valence-electron chi connectivity index (χ1n) is 11.7. The Morgan fingerprint density at radius 2 is 1.49 bits per heavy atom. The van der Waals surface area contributed by atoms with Crippen molar-refractivity contribution in [3.05, 3.63) is 82.9 Å². The molecule has 1 amide bonds. The Bertz CT molecular complexity index is 1330. The summed E-state index contributed by atoms with van der Waals surface area (Å²) in [6.45, 7) is 9.91. The van der Waals surface area contributed by atoms with Crippen molar-refractivity contribution in [2.75, 3.05) is 48.2 Å². The minimum Gasteiger partial charge on any atom is -0.369 e. The number of likely N-dealkylation sites (N-methyl/N-ethyl adjacent to an activating group) is 1. The summed E-state index contributed by atoms with van der Waals surface area (Å²) < 4.78 is 28.2. The second kappa shape index (κ2) is 10.1. The van der Waals surface area contributed by atoms with Crippen LogP contribution in [0.4, 0.5) is 17.1 Å². The number of benzene rings is 3. The van der Waals surface area contributed by atoms with E-state index in [9.17, 15) is 13.2 Å². The highest BCUT2D eigenvalue weighted by Gasteiger charge is 2.17. The number of nitrogens with zero attached hydrogens (tertiary/aromatic N) is 2. The molecule has 1 heterocycles. The van der Waals surface area contributed by atoms with Crippen LogP contribution in [0.1, 0.15) is 27.0 Å². The van der Waals surface area contributed by atoms with Gasteiger partial charge in [0.2, 0.25) is 0 Å². The van der Waals surface area contributed by atoms with Crippen molar-refractivity contribution >= 4 is 33.0 Å². The van der Waals surface area contributed by atoms with Crippen LogP contribution >= 0.6 is 0 Å². The molecule has 1 aliphatic heterocycles. The van der Waals surface area contributed by atoms with Crippen LogP contribution < -0.4 is 14.9 Å². The summed E-state index contributed by atoms with van der Waals surface area (Å²) >= 11 is 0. The Morgan fingerprint density at radius 1 is 0.800 bits per heavy atom. The number of carbonyl (C=O) groups excluding carboxylic acids is 1. The van der Waals surface area contributed by atoms with Gasteiger partial charge in [-0.2, -0.15) is 0 Å². The standard InChI is InChI=1S/C27H32N4O3S/c1-19-5-8-23(17-20(19)2)29-35(33,34)25-10-6-22(7-11-25)27(32)28-26-12-9-24(18-21(26)3)31-15-13-30(4)14-16-31/h5-12,17-18,29H,13-16H2,1-4H3,(H,28,32). The van der Waals surface area contributed by atoms with Gasteiger partial charge in [0.25, 0.3) is 15.9 Å². The lowest BCUT2D eigenvalue weighted by Gasteiger charge is -2.34. The molecule has 0 radical (unpaired) electrons. The normalized spacial score (nSPS) is 14.6. The van der Waals surface area contributed by atoms with E-state index in [2.05, 4.69) is 33.0 Å². The van der Waals surface area contributed by atoms with E-state index in [1.165, 1.54) is 24.3 Å². The monoisotopic (exact) mass is 492 g/mol. The molecule has 0 unspecified atom stereocenters. The number of amides is 1. The summed E-state index contributed by atoms with van der Waals surface area (Å²) in [4.78, 5) is 17.6. The Labute approximate surface area is 207 Å². The summed E-state index contributed by atoms with van der Waals surface area (Å²) in [5, 5.41) is 2.94. The lowest BCUT2D eigenvalue weighted by atomic mass is 10.1. The van der Waals surface area contributed by atoms with Crippen LogP contribution in [-0.2, 0) is 10.0 Å². The smallest absolute Gasteiger partial charge is 0.261 e. The van der Waals surface area contributed by atoms with Gasteiger partial charge in [-0.15, -0.1) is 0 Å². The van der Waals surface area contributed by atoms with Crippen molar-refractivity contribution in [2.24, 2.45) is 0 Å². The average Bonchev–Trinajstić information content (AvgIpc) is 2.83. The van der Waals surface area contributed by atoms with Gasteiger partial charge in [-0.05, 0) is 99.1 Å². The molecule has 3 aromatic carbocycles. The zero-order chi connectivity index (χ0) is 25.2. The number of anilines is 3. The molecule has 1 fully saturated rings. The Balaban J connectivity index is 1.42. The second-order valence-electron chi connectivity index (χ2n) is 9.17. The average molecular weight is 493 g/mol. The van der Waals surface area contributed by atoms with Crippen LogP contribution in [0.25, 0.3) is 0 Å². The number of rotatable bonds is 6. The van der Waals surface area contributed by atoms with Crippen LogP contribution in [0.15, 0.2) is 65.6 Å². The number of hydrogen-bond donors (Lipinski definition) is 2. The molecule has 0 bridgehead atoms. The molecule has 1 saturated heterocycles. The number of hydrogen-bond acceptors (Lipinski definition) is 5. The second-order valence-corrected chi connectivity index (χ2v) is 10.9. The van der Waals surface area contributed by atoms with E-state index in [1.807, 2.05) is 39.0 Å². The Hall–Kier alpha value is -3.36. The van der Waals surface area contributed by atoms with Crippen LogP contribution in [0, 0.1) is 20.8 Å². The maximum Gasteiger partial charge on any atom is 0.261 e. The van der Waals surface area contributed by atoms with Crippen LogP contribution in [0.5, 0.6) is 0 Å². The van der Waals surface area contributed by atoms with Crippen LogP contribution in [0.2, 0.25) is 0 Å². The van der Waals surface area contributed by atoms with E-state index in [4.69, 9.17) is 0 Å². The molecular weight excluding hydrogens is 460 g/mol. The molecule has 0 aromatic heterocycles. The molecule has 0 atom stereocenters. The largest absolute Gasteiger partial charge is 0.369 e. The number of sulfonamides is 1. The maximum absolute atomic E-state index is 12.8. The maximum atomic E-state index is 12.8. The van der Waals surface area contributed by atoms with Crippen molar-refractivity contribution < 1.29 is 13.2 Å². The predicted octanol–water partition coefficient (Wildman–Crippen LogP) is 4.42. The topological polar surface area (TPSA) is 81.7 Å². The van der Waals surface area contributed by atoms with Gasteiger partial charge in [0.1, 0.15) is 0 Å². The minimum absolute atomic E-state index is 0.0972. The lowest BCUT2D eigenvalue weighted by molar-refractivity contribution is 0.102. The first-order valence-corrected chi connectivity index (χ1v) is 13.2. The SMILES string of the molecule is Cc1ccc(NS(=O)(=O)c2ccc(C(=O)Nc3ccc(N4CCN(C)CC4)cc3C)cc2)cc1C. The Morgan fingerprint density at radius 3 is 2.11 bits per heavy atom. The van der Waals surface area contributed by atoms with Crippen molar-refractivity contribution in [2.45, 2.75) is 25.7 Å². The molecule has 8 heteroatoms. The third-order valence-electron chi connectivity index (χ3n) is 6.51. The third-order valence-corrected chi connectivity index (χ3v) is 7.91. The fraction of sp³-hybridized carbons (Fsp3) is 0.296. The summed E-state index contributed by atoms with van der Waals surface area (Å²) in [6, 6.07) is 17.4. The third kappa shape index (κ3) is 5.83. The van der Waals surface area contributed by atoms with Crippen molar-refractivity contribution in [3.63, 3.8) is 0 Å². The highest BCUT2D eigenvalue weighted by Crippen LogP contribution is 2.25. The van der Waals surface area contributed by atoms with E-state index in [-0.39, 0.29) is 10.8 Å². The number of aryl methyl sites for hydroxylation is 3. The van der Waals surface area contributed by atoms with E-state index < -0.39 is 10.0 Å². The molecule has 2 N–H and O–H groups in total. The minimum atomic E-state index is -3.76. The van der Waals surface area contributed by atoms with Gasteiger partial charge in [-0.1, -0.05) is 6.07 Å². The first kappa shape index (κ1) is 24.8. The molecule has 7 nitrogen and oxygen atoms in total. The van der Waals surface area contributed by atoms with E-state index in [0.29, 0.717) is 11.3 Å². The van der Waals surface area contributed by atoms with E-state index in [0.717, 1.165) is 54.2 Å². The Kier molecular flexibility index (Phi) is 7.14. The van der Waals surface area contributed by atoms with Crippen LogP contribution in [-0.4, -0.2) is 52.5 Å². The number of carbonyl (C=O) groups is 1. The zero-order valence-electron chi connectivity index (χ0n) is 20.6. The van der Waals surface area contributed by atoms with Crippen molar-refractivity contribution in [3.8, 4) is 0 Å². The van der Waals surface area contributed by atoms with Gasteiger partial charge in [-0.25, -0.2) is 8.42 Å². The number of nitrogens with one attached hydrogen (secondary N) is 2. The van der Waals surface area contributed by atoms with Gasteiger partial charge in [0, 0.05) is 48.8 Å². The molecule has 3 aromatic rings. The van der Waals surface area contributed by atoms with Crippen molar-refractivity contribution in [1.82, 2.24) is 4.90 Å². The first-order chi connectivity index (χ1) is 16.6. The van der Waals surface area contributed by atoms with Gasteiger partial charge in [0.15, 0.2) is 0 Å². The summed E-state index contributed by atoms with van der Waals surface area (Å²) in [6.07, 6.45) is 0. The highest BCUT2D eigenvalue weighted by molar-refractivity contribution is 7.92. The quantitative estimate of drug-likeness (QED) is 0.533. The fourth-order valence-corrected chi connectivity index (χ4v) is 5.10. The molecule has 1 aliphatic rings. The predicted molar refractivity (Wildman–Crippen MR) is 142 cm³/mol. The molecule has 0 saturated carbocycles. The molecule has 35 heavy (non-hydrogen) atoms. The summed E-state index contributed by atoms with van der Waals surface area (Å²) in [7, 11) is -1.63. The summed E-state index contributed by atoms with van der Waals surface area (Å²) in [5.74, 6) is -0.286. The molecular formula is C27H32N4O3S. The van der Waals surface area contributed by atoms with Gasteiger partial charge >= 0.3 is 0 Å². The number of piperazine rings is 1. The van der Waals surface area contributed by atoms with Gasteiger partial charge < -0.3 is 15.1 Å². The van der Waals surface area contributed by atoms with Gasteiger partial charge in [0.05, 0.1) is 4.90 Å². The van der Waals surface area contributed by atoms with E-state index in [1.54, 1.807) is 12.1 Å². The van der Waals surface area contributed by atoms with Crippen molar-refractivity contribution in [1.29, 1.82) is 0 Å². The van der Waals surface area contributed by atoms with Crippen LogP contribution in [0.3, 0.4) is 0 Å². The lowest BCUT2D eigenvalue weighted by Crippen LogP contribution is -2.44. The fourth-order valence-electron chi connectivity index (χ4n) is 4.05. The molecule has 4 rings (SSSR count). The molecule has 0 spiro atoms. The molecule has 0 aliphatic carbocycles. The summed E-state index contributed by atoms with van der Waals surface area (Å²) in [5.41, 5.74) is 5.85. The van der Waals surface area contributed by atoms with E-state index >= 15 is 0 Å². The van der Waals surface area contributed by atoms with Gasteiger partial charge in [-0.3, -0.25) is 9.52 Å². The molecule has 184 valence electrons. The highest BCUT2D eigenvalue weighted by atomic mass is 32.2. The zero-order valence-corrected chi connectivity index (χ0v) is 21.4.